The van der Waals surface area contributed by atoms with Crippen molar-refractivity contribution in [3.63, 3.8) is 0 Å². The van der Waals surface area contributed by atoms with Crippen LogP contribution in [0.3, 0.4) is 0 Å². The zero-order chi connectivity index (χ0) is 15.0. The Kier molecular flexibility index (Phi) is 3.54. The maximum atomic E-state index is 12.0. The molecule has 0 atom stereocenters. The van der Waals surface area contributed by atoms with Gasteiger partial charge in [0.05, 0.1) is 0 Å². The van der Waals surface area contributed by atoms with Gasteiger partial charge in [-0.25, -0.2) is 16.8 Å². The van der Waals surface area contributed by atoms with Crippen LogP contribution in [0.25, 0.3) is 0 Å². The van der Waals surface area contributed by atoms with Gasteiger partial charge in [-0.3, -0.25) is 0 Å². The average molecular weight is 304 g/mol. The summed E-state index contributed by atoms with van der Waals surface area (Å²) in [5, 5.41) is 0. The first-order valence-electron chi connectivity index (χ1n) is 3.82. The van der Waals surface area contributed by atoms with Gasteiger partial charge in [0.2, 0.25) is 0 Å². The summed E-state index contributed by atoms with van der Waals surface area (Å²) in [4.78, 5) is 0. The van der Waals surface area contributed by atoms with E-state index in [1.54, 1.807) is 0 Å². The molecule has 99 valence electrons. The summed E-state index contributed by atoms with van der Waals surface area (Å²) in [6.07, 6.45) is 0. The third kappa shape index (κ3) is 2.76. The maximum absolute atomic E-state index is 12.0. The van der Waals surface area contributed by atoms with Gasteiger partial charge in [0.1, 0.15) is 7.81 Å². The molecule has 0 aliphatic rings. The quantitative estimate of drug-likeness (QED) is 0.564. The monoisotopic (exact) mass is 304 g/mol. The third-order valence-electron chi connectivity index (χ3n) is 1.28. The van der Waals surface area contributed by atoms with E-state index >= 15 is 0 Å². The molecule has 0 aromatic heterocycles. The summed E-state index contributed by atoms with van der Waals surface area (Å²) in [6, 6.07) is 0. The molecule has 4 nitrogen and oxygen atoms in total. The second-order valence-electron chi connectivity index (χ2n) is 2.38. The molecule has 0 aromatic rings. The molecule has 0 saturated heterocycles. The Morgan fingerprint density at radius 2 is 1.24 bits per heavy atom. The maximum Gasteiger partial charge on any atom is 0.502 e. The summed E-state index contributed by atoms with van der Waals surface area (Å²) >= 11 is 0. The Balaban J connectivity index is 6.24. The van der Waals surface area contributed by atoms with Gasteiger partial charge < -0.3 is 0 Å². The molecule has 0 unspecified atom stereocenters. The third-order valence-corrected chi connectivity index (χ3v) is 5.14. The first-order chi connectivity index (χ1) is 7.69. The van der Waals surface area contributed by atoms with Crippen molar-refractivity contribution in [1.29, 1.82) is 1.34 Å². The summed E-state index contributed by atoms with van der Waals surface area (Å²) in [5.41, 5.74) is -12.5. The van der Waals surface area contributed by atoms with E-state index in [-0.39, 0.29) is 7.81 Å². The number of alkyl halides is 6. The first-order valence-corrected chi connectivity index (χ1v) is 6.21. The Morgan fingerprint density at radius 3 is 1.41 bits per heavy atom. The van der Waals surface area contributed by atoms with Crippen molar-refractivity contribution in [3.8, 4) is 0 Å². The molecule has 0 fully saturated rings. The van der Waals surface area contributed by atoms with Gasteiger partial charge >= 0.3 is 11.0 Å². The molecule has 0 bridgehead atoms. The Morgan fingerprint density at radius 1 is 0.941 bits per heavy atom. The van der Waals surface area contributed by atoms with E-state index in [1.165, 1.54) is 0 Å². The molecule has 13 heteroatoms. The van der Waals surface area contributed by atoms with E-state index in [4.69, 9.17) is 1.34 Å². The minimum absolute atomic E-state index is 0.318. The molecule has 0 N–H and O–H groups in total. The van der Waals surface area contributed by atoms with Gasteiger partial charge in [-0.05, 0) is 1.34 Å². The van der Waals surface area contributed by atoms with Crippen molar-refractivity contribution >= 4 is 27.5 Å². The summed E-state index contributed by atoms with van der Waals surface area (Å²) in [6.45, 7) is 0. The predicted molar refractivity (Wildman–Crippen MR) is 45.2 cm³/mol. The van der Waals surface area contributed by atoms with Gasteiger partial charge in [-0.2, -0.15) is 26.3 Å². The fourth-order valence-electron chi connectivity index (χ4n) is 0.552. The van der Waals surface area contributed by atoms with Crippen LogP contribution in [0.5, 0.6) is 0 Å². The van der Waals surface area contributed by atoms with Crippen molar-refractivity contribution in [2.24, 2.45) is 0 Å². The topological polar surface area (TPSA) is 68.3 Å². The van der Waals surface area contributed by atoms with E-state index in [0.717, 1.165) is 0 Å². The van der Waals surface area contributed by atoms with Crippen LogP contribution < -0.4 is 0 Å². The highest BCUT2D eigenvalue weighted by atomic mass is 32.3. The molecule has 0 rings (SSSR count). The lowest BCUT2D eigenvalue weighted by Gasteiger charge is -2.13. The summed E-state index contributed by atoms with van der Waals surface area (Å²) in [7, 11) is -13.8. The largest absolute Gasteiger partial charge is 0.502 e. The molecular weight excluding hydrogens is 301 g/mol. The van der Waals surface area contributed by atoms with Gasteiger partial charge in [0.25, 0.3) is 19.7 Å². The Labute approximate surface area is 93.9 Å². The zero-order valence-corrected chi connectivity index (χ0v) is 9.00. The first kappa shape index (κ1) is 14.3. The average Bonchev–Trinajstić information content (AvgIpc) is 2.09. The number of halogens is 6. The lowest BCUT2D eigenvalue weighted by molar-refractivity contribution is -0.0443. The van der Waals surface area contributed by atoms with Gasteiger partial charge in [0.15, 0.2) is 4.24 Å². The van der Waals surface area contributed by atoms with E-state index < -0.39 is 40.9 Å². The van der Waals surface area contributed by atoms with E-state index in [0.29, 0.717) is 0 Å². The molecule has 0 amide bonds. The number of hydrogen-bond acceptors (Lipinski definition) is 4. The number of rotatable bonds is 3. The van der Waals surface area contributed by atoms with Crippen molar-refractivity contribution in [2.45, 2.75) is 11.0 Å². The molecule has 0 aliphatic heterocycles. The predicted octanol–water partition coefficient (Wildman–Crippen LogP) is 0.555. The summed E-state index contributed by atoms with van der Waals surface area (Å²) in [5.74, 6) is -0.606. The molecule has 0 aliphatic carbocycles. The second-order valence-corrected chi connectivity index (χ2v) is 6.46. The molecular formula is C4H2BF6O4S2. The molecule has 1 radical (unpaired) electrons. The lowest BCUT2D eigenvalue weighted by Crippen LogP contribution is -2.34. The van der Waals surface area contributed by atoms with Gasteiger partial charge in [-0.15, -0.1) is 0 Å². The molecule has 0 aromatic carbocycles. The van der Waals surface area contributed by atoms with Crippen LogP contribution >= 0.6 is 0 Å². The second kappa shape index (κ2) is 4.19. The highest BCUT2D eigenvalue weighted by molar-refractivity contribution is 8.15. The smallest absolute Gasteiger partial charge is 0.214 e. The SMILES string of the molecule is [2H][B]C=C(S(=O)(=O)C(F)(F)F)S(=O)(=O)C(F)(F)F. The number of hydrogen-bond donors (Lipinski definition) is 0. The fourth-order valence-corrected chi connectivity index (χ4v) is 3.09. The molecule has 17 heavy (non-hydrogen) atoms. The highest BCUT2D eigenvalue weighted by Crippen LogP contribution is 2.38. The van der Waals surface area contributed by atoms with E-state index in [9.17, 15) is 43.2 Å². The molecule has 0 spiro atoms. The van der Waals surface area contributed by atoms with Crippen LogP contribution in [0.1, 0.15) is 0 Å². The van der Waals surface area contributed by atoms with Crippen molar-refractivity contribution in [2.75, 3.05) is 0 Å². The van der Waals surface area contributed by atoms with Crippen LogP contribution in [0, 0.1) is 0 Å². The molecule has 0 heterocycles. The van der Waals surface area contributed by atoms with E-state index in [1.807, 2.05) is 0 Å². The van der Waals surface area contributed by atoms with Crippen LogP contribution in [-0.4, -0.2) is 37.0 Å². The van der Waals surface area contributed by atoms with Crippen molar-refractivity contribution in [1.82, 2.24) is 0 Å². The zero-order valence-electron chi connectivity index (χ0n) is 8.37. The standard InChI is InChI=1S/C4H2BF6O4S2/c5-1-2(16(12,13)3(6,7)8)17(14,15)4(9,10)11/h1,5H/i5D. The van der Waals surface area contributed by atoms with Crippen molar-refractivity contribution in [3.05, 3.63) is 10.2 Å². The van der Waals surface area contributed by atoms with Crippen molar-refractivity contribution < 1.29 is 43.2 Å². The van der Waals surface area contributed by atoms with Crippen LogP contribution in [0.2, 0.25) is 0 Å². The molecule has 0 saturated carbocycles. The normalized spacial score (nSPS) is 15.1. The summed E-state index contributed by atoms with van der Waals surface area (Å²) < 4.78 is 118. The van der Waals surface area contributed by atoms with E-state index in [2.05, 4.69) is 0 Å². The van der Waals surface area contributed by atoms with Gasteiger partial charge in [-0.1, -0.05) is 5.98 Å². The minimum atomic E-state index is -6.74. The van der Waals surface area contributed by atoms with Crippen LogP contribution in [0.4, 0.5) is 26.3 Å². The Bertz CT molecular complexity index is 497. The highest BCUT2D eigenvalue weighted by Gasteiger charge is 2.59. The van der Waals surface area contributed by atoms with Crippen LogP contribution in [0.15, 0.2) is 10.2 Å². The minimum Gasteiger partial charge on any atom is -0.214 e. The van der Waals surface area contributed by atoms with Crippen LogP contribution in [-0.2, 0) is 19.7 Å². The number of sulfone groups is 2. The van der Waals surface area contributed by atoms with Gasteiger partial charge in [0, 0.05) is 0 Å². The fraction of sp³-hybridized carbons (Fsp3) is 0.500. The Hall–Kier alpha value is -0.715. The lowest BCUT2D eigenvalue weighted by atomic mass is 10.2.